The number of benzene rings is 3. The fraction of sp³-hybridized carbons (Fsp3) is 0. The van der Waals surface area contributed by atoms with Gasteiger partial charge >= 0.3 is 0 Å². The number of H-pyrrole nitrogens is 2. The van der Waals surface area contributed by atoms with E-state index in [-0.39, 0.29) is 20.9 Å². The van der Waals surface area contributed by atoms with Crippen LogP contribution in [-0.4, -0.2) is 9.97 Å². The number of aromatic amines is 2. The lowest BCUT2D eigenvalue weighted by atomic mass is 10.1. The van der Waals surface area contributed by atoms with Crippen molar-refractivity contribution in [3.8, 4) is 0 Å². The summed E-state index contributed by atoms with van der Waals surface area (Å²) in [7, 11) is 0. The van der Waals surface area contributed by atoms with Crippen molar-refractivity contribution in [1.82, 2.24) is 9.97 Å². The highest BCUT2D eigenvalue weighted by atomic mass is 35.5. The molecule has 0 unspecified atom stereocenters. The van der Waals surface area contributed by atoms with Crippen molar-refractivity contribution < 1.29 is 0 Å². The minimum absolute atomic E-state index is 0.220. The number of hydrogen-bond donors (Lipinski definition) is 2. The monoisotopic (exact) mass is 448 g/mol. The summed E-state index contributed by atoms with van der Waals surface area (Å²) in [5.74, 6) is 0. The lowest BCUT2D eigenvalue weighted by molar-refractivity contribution is 1.46. The fourth-order valence-electron chi connectivity index (χ4n) is 3.47. The van der Waals surface area contributed by atoms with Gasteiger partial charge in [0.15, 0.2) is 10.9 Å². The summed E-state index contributed by atoms with van der Waals surface area (Å²) < 4.78 is 0. The topological polar surface area (TPSA) is 65.7 Å². The molecular weight excluding hydrogens is 442 g/mol. The van der Waals surface area contributed by atoms with Gasteiger partial charge < -0.3 is 9.97 Å². The molecule has 0 aliphatic rings. The van der Waals surface area contributed by atoms with Crippen LogP contribution in [0.25, 0.3) is 43.6 Å². The molecule has 5 rings (SSSR count). The lowest BCUT2D eigenvalue weighted by Gasteiger charge is -2.09. The van der Waals surface area contributed by atoms with Gasteiger partial charge in [0.1, 0.15) is 0 Å². The van der Waals surface area contributed by atoms with Crippen molar-refractivity contribution in [2.24, 2.45) is 0 Å². The first-order valence-electron chi connectivity index (χ1n) is 8.14. The van der Waals surface area contributed by atoms with E-state index in [0.29, 0.717) is 53.7 Å². The summed E-state index contributed by atoms with van der Waals surface area (Å²) in [5.41, 5.74) is 1.39. The van der Waals surface area contributed by atoms with Gasteiger partial charge in [-0.2, -0.15) is 0 Å². The van der Waals surface area contributed by atoms with Crippen LogP contribution in [0.15, 0.2) is 46.0 Å². The first-order valence-corrected chi connectivity index (χ1v) is 9.65. The highest BCUT2D eigenvalue weighted by molar-refractivity contribution is 6.45. The van der Waals surface area contributed by atoms with Crippen molar-refractivity contribution in [2.45, 2.75) is 0 Å². The number of aromatic nitrogens is 2. The molecule has 0 radical (unpaired) electrons. The zero-order chi connectivity index (χ0) is 19.7. The highest BCUT2D eigenvalue weighted by Crippen LogP contribution is 2.32. The van der Waals surface area contributed by atoms with Gasteiger partial charge in [-0.25, -0.2) is 0 Å². The van der Waals surface area contributed by atoms with E-state index in [4.69, 9.17) is 46.4 Å². The summed E-state index contributed by atoms with van der Waals surface area (Å²) in [6, 6.07) is 9.64. The molecule has 0 aliphatic carbocycles. The second-order valence-corrected chi connectivity index (χ2v) is 7.99. The van der Waals surface area contributed by atoms with E-state index < -0.39 is 0 Å². The molecule has 0 saturated heterocycles. The maximum absolute atomic E-state index is 13.0. The Morgan fingerprint density at radius 2 is 0.964 bits per heavy atom. The van der Waals surface area contributed by atoms with Crippen LogP contribution >= 0.6 is 46.4 Å². The fourth-order valence-corrected chi connectivity index (χ4v) is 4.20. The van der Waals surface area contributed by atoms with Crippen LogP contribution in [0.4, 0.5) is 0 Å². The Labute approximate surface area is 176 Å². The minimum Gasteiger partial charge on any atom is -0.353 e. The summed E-state index contributed by atoms with van der Waals surface area (Å²) in [6.07, 6.45) is 0. The molecule has 0 fully saturated rings. The summed E-state index contributed by atoms with van der Waals surface area (Å²) in [4.78, 5) is 32.3. The van der Waals surface area contributed by atoms with Crippen molar-refractivity contribution in [2.75, 3.05) is 0 Å². The first-order chi connectivity index (χ1) is 13.4. The molecule has 0 bridgehead atoms. The van der Waals surface area contributed by atoms with E-state index in [1.165, 1.54) is 0 Å². The number of halogens is 4. The molecule has 0 saturated carbocycles. The zero-order valence-corrected chi connectivity index (χ0v) is 16.8. The third-order valence-corrected chi connectivity index (χ3v) is 6.45. The van der Waals surface area contributed by atoms with Crippen LogP contribution in [0.3, 0.4) is 0 Å². The molecule has 0 aliphatic heterocycles. The normalized spacial score (nSPS) is 11.9. The number of rotatable bonds is 0. The Hall–Kier alpha value is -2.24. The van der Waals surface area contributed by atoms with Gasteiger partial charge in [0.25, 0.3) is 0 Å². The Balaban J connectivity index is 2.02. The van der Waals surface area contributed by atoms with Crippen molar-refractivity contribution in [3.63, 3.8) is 0 Å². The van der Waals surface area contributed by atoms with E-state index in [9.17, 15) is 9.59 Å². The van der Waals surface area contributed by atoms with E-state index in [0.717, 1.165) is 0 Å². The Bertz CT molecular complexity index is 1480. The second kappa shape index (κ2) is 6.13. The maximum Gasteiger partial charge on any atom is 0.197 e. The number of nitrogens with one attached hydrogen (secondary N) is 2. The molecule has 0 atom stereocenters. The predicted octanol–water partition coefficient (Wildman–Crippen LogP) is 6.29. The van der Waals surface area contributed by atoms with Crippen LogP contribution in [0.2, 0.25) is 20.1 Å². The van der Waals surface area contributed by atoms with Gasteiger partial charge in [-0.05, 0) is 36.4 Å². The molecule has 8 heteroatoms. The first kappa shape index (κ1) is 17.8. The van der Waals surface area contributed by atoms with Gasteiger partial charge in [-0.1, -0.05) is 46.4 Å². The zero-order valence-electron chi connectivity index (χ0n) is 13.8. The van der Waals surface area contributed by atoms with E-state index in [1.54, 1.807) is 36.4 Å². The number of pyridine rings is 2. The predicted molar refractivity (Wildman–Crippen MR) is 118 cm³/mol. The Kier molecular flexibility index (Phi) is 3.90. The molecule has 2 N–H and O–H groups in total. The smallest absolute Gasteiger partial charge is 0.197 e. The molecule has 2 aromatic heterocycles. The molecular formula is C20H8Cl4N2O2. The van der Waals surface area contributed by atoms with Gasteiger partial charge in [-0.3, -0.25) is 9.59 Å². The molecule has 0 amide bonds. The molecule has 138 valence electrons. The van der Waals surface area contributed by atoms with Gasteiger partial charge in [-0.15, -0.1) is 0 Å². The van der Waals surface area contributed by atoms with Crippen molar-refractivity contribution >= 4 is 90.0 Å². The standard InChI is InChI=1S/C20H8Cl4N2O2/c21-11-3-1-7-17(15(11)23)25-13-6-10-14(5-9(13)19(7)27)26-18-8(20(10)28)2-4-12(22)16(18)24/h1-6H,(H,25,27)(H,26,28). The average molecular weight is 450 g/mol. The van der Waals surface area contributed by atoms with Gasteiger partial charge in [0.05, 0.1) is 42.2 Å². The quantitative estimate of drug-likeness (QED) is 0.273. The van der Waals surface area contributed by atoms with Crippen LogP contribution in [0.1, 0.15) is 0 Å². The Morgan fingerprint density at radius 3 is 1.36 bits per heavy atom. The van der Waals surface area contributed by atoms with Crippen LogP contribution in [0, 0.1) is 0 Å². The SMILES string of the molecule is O=c1c2cc3[nH]c4c(Cl)c(Cl)ccc4c(=O)c3cc2[nH]c2c(Cl)c(Cl)ccc12. The molecule has 5 aromatic rings. The third kappa shape index (κ3) is 2.39. The average Bonchev–Trinajstić information content (AvgIpc) is 2.68. The van der Waals surface area contributed by atoms with Crippen LogP contribution < -0.4 is 10.9 Å². The maximum atomic E-state index is 13.0. The van der Waals surface area contributed by atoms with E-state index in [2.05, 4.69) is 9.97 Å². The van der Waals surface area contributed by atoms with Crippen LogP contribution in [0.5, 0.6) is 0 Å². The third-order valence-electron chi connectivity index (χ3n) is 4.85. The van der Waals surface area contributed by atoms with Gasteiger partial charge in [0.2, 0.25) is 0 Å². The van der Waals surface area contributed by atoms with E-state index in [1.807, 2.05) is 0 Å². The summed E-state index contributed by atoms with van der Waals surface area (Å²) in [6.45, 7) is 0. The van der Waals surface area contributed by atoms with E-state index >= 15 is 0 Å². The molecule has 2 heterocycles. The van der Waals surface area contributed by atoms with Crippen molar-refractivity contribution in [3.05, 3.63) is 76.9 Å². The Morgan fingerprint density at radius 1 is 0.571 bits per heavy atom. The second-order valence-electron chi connectivity index (χ2n) is 6.42. The summed E-state index contributed by atoms with van der Waals surface area (Å²) in [5, 5.41) is 2.81. The molecule has 4 nitrogen and oxygen atoms in total. The number of fused-ring (bicyclic) bond motifs is 4. The largest absolute Gasteiger partial charge is 0.353 e. The molecule has 0 spiro atoms. The van der Waals surface area contributed by atoms with Crippen LogP contribution in [-0.2, 0) is 0 Å². The lowest BCUT2D eigenvalue weighted by Crippen LogP contribution is -2.08. The molecule has 3 aromatic carbocycles. The number of hydrogen-bond acceptors (Lipinski definition) is 2. The minimum atomic E-state index is -0.220. The van der Waals surface area contributed by atoms with Crippen molar-refractivity contribution in [1.29, 1.82) is 0 Å². The molecule has 28 heavy (non-hydrogen) atoms. The highest BCUT2D eigenvalue weighted by Gasteiger charge is 2.15. The summed E-state index contributed by atoms with van der Waals surface area (Å²) >= 11 is 24.7. The van der Waals surface area contributed by atoms with Gasteiger partial charge in [0, 0.05) is 21.5 Å².